The van der Waals surface area contributed by atoms with Gasteiger partial charge in [-0.25, -0.2) is 0 Å². The Balaban J connectivity index is 0. The summed E-state index contributed by atoms with van der Waals surface area (Å²) in [6, 6.07) is 0.575. The van der Waals surface area contributed by atoms with E-state index in [4.69, 9.17) is 4.74 Å². The Morgan fingerprint density at radius 1 is 1.38 bits per heavy atom. The summed E-state index contributed by atoms with van der Waals surface area (Å²) in [7, 11) is -1.32. The standard InChI is InChI=1S/C9H19O2Si.Li/c1-9(2,3)11-8(10)7-12(4,5)6;/h1,7H2,2-6H3;/q-1;+1. The van der Waals surface area contributed by atoms with Crippen LogP contribution in [0, 0.1) is 6.92 Å². The summed E-state index contributed by atoms with van der Waals surface area (Å²) in [5.41, 5.74) is -0.587. The van der Waals surface area contributed by atoms with E-state index in [1.54, 1.807) is 13.8 Å². The summed E-state index contributed by atoms with van der Waals surface area (Å²) in [6.45, 7) is 13.7. The molecule has 0 bridgehead atoms. The largest absolute Gasteiger partial charge is 1.00 e. The van der Waals surface area contributed by atoms with Crippen molar-refractivity contribution in [3.63, 3.8) is 0 Å². The second kappa shape index (κ2) is 5.24. The van der Waals surface area contributed by atoms with E-state index in [1.807, 2.05) is 0 Å². The molecule has 0 unspecified atom stereocenters. The molecule has 2 nitrogen and oxygen atoms in total. The fourth-order valence-corrected chi connectivity index (χ4v) is 1.72. The minimum Gasteiger partial charge on any atom is -0.493 e. The third-order valence-corrected chi connectivity index (χ3v) is 2.41. The number of carbonyl (C=O) groups is 1. The number of carbonyl (C=O) groups excluding carboxylic acids is 1. The van der Waals surface area contributed by atoms with Gasteiger partial charge in [0.15, 0.2) is 0 Å². The third-order valence-electron chi connectivity index (χ3n) is 1.06. The van der Waals surface area contributed by atoms with E-state index < -0.39 is 13.7 Å². The number of rotatable bonds is 3. The van der Waals surface area contributed by atoms with E-state index in [-0.39, 0.29) is 24.8 Å². The average Bonchev–Trinajstić information content (AvgIpc) is 1.49. The maximum Gasteiger partial charge on any atom is 1.00 e. The maximum absolute atomic E-state index is 11.2. The Labute approximate surface area is 94.6 Å². The van der Waals surface area contributed by atoms with Gasteiger partial charge in [-0.1, -0.05) is 33.5 Å². The summed E-state index contributed by atoms with van der Waals surface area (Å²) >= 11 is 0. The molecule has 0 N–H and O–H groups in total. The van der Waals surface area contributed by atoms with Gasteiger partial charge in [0.25, 0.3) is 0 Å². The van der Waals surface area contributed by atoms with Crippen molar-refractivity contribution in [3.8, 4) is 0 Å². The van der Waals surface area contributed by atoms with Crippen molar-refractivity contribution in [1.82, 2.24) is 0 Å². The molecule has 0 spiro atoms. The Kier molecular flexibility index (Phi) is 6.34. The number of hydrogen-bond donors (Lipinski definition) is 0. The van der Waals surface area contributed by atoms with Gasteiger partial charge in [-0.05, 0) is 5.60 Å². The van der Waals surface area contributed by atoms with E-state index >= 15 is 0 Å². The van der Waals surface area contributed by atoms with Crippen LogP contribution >= 0.6 is 0 Å². The van der Waals surface area contributed by atoms with Crippen LogP contribution in [0.3, 0.4) is 0 Å². The van der Waals surface area contributed by atoms with E-state index in [1.165, 1.54) is 0 Å². The first kappa shape index (κ1) is 15.7. The molecule has 0 saturated heterocycles. The topological polar surface area (TPSA) is 26.3 Å². The molecule has 0 rings (SSSR count). The zero-order valence-corrected chi connectivity index (χ0v) is 10.7. The van der Waals surface area contributed by atoms with Gasteiger partial charge in [-0.3, -0.25) is 4.79 Å². The molecule has 0 fully saturated rings. The van der Waals surface area contributed by atoms with Crippen LogP contribution < -0.4 is 18.9 Å². The van der Waals surface area contributed by atoms with Crippen LogP contribution in [0.15, 0.2) is 0 Å². The van der Waals surface area contributed by atoms with Gasteiger partial charge in [-0.2, -0.15) is 0 Å². The molecule has 13 heavy (non-hydrogen) atoms. The fourth-order valence-electron chi connectivity index (χ4n) is 0.777. The second-order valence-corrected chi connectivity index (χ2v) is 10.4. The first-order chi connectivity index (χ1) is 5.10. The van der Waals surface area contributed by atoms with Gasteiger partial charge in [0.1, 0.15) is 0 Å². The van der Waals surface area contributed by atoms with Gasteiger partial charge in [-0.15, -0.1) is 0 Å². The predicted molar refractivity (Wildman–Crippen MR) is 53.7 cm³/mol. The summed E-state index contributed by atoms with van der Waals surface area (Å²) in [4.78, 5) is 11.2. The van der Waals surface area contributed by atoms with Crippen LogP contribution in [0.25, 0.3) is 0 Å². The van der Waals surface area contributed by atoms with Crippen molar-refractivity contribution in [2.24, 2.45) is 0 Å². The summed E-state index contributed by atoms with van der Waals surface area (Å²) in [5.74, 6) is -0.117. The molecule has 0 aromatic heterocycles. The minimum atomic E-state index is -1.32. The molecule has 0 aliphatic heterocycles. The molecule has 0 heterocycles. The molecule has 0 aliphatic rings. The van der Waals surface area contributed by atoms with Crippen molar-refractivity contribution >= 4 is 14.0 Å². The van der Waals surface area contributed by atoms with E-state index in [9.17, 15) is 4.79 Å². The molecule has 0 aromatic carbocycles. The number of ether oxygens (including phenoxy) is 1. The molecule has 4 heteroatoms. The van der Waals surface area contributed by atoms with Crippen LogP contribution in [0.5, 0.6) is 0 Å². The molecule has 0 atom stereocenters. The van der Waals surface area contributed by atoms with Crippen molar-refractivity contribution in [2.75, 3.05) is 0 Å². The molecule has 0 amide bonds. The van der Waals surface area contributed by atoms with E-state index in [0.29, 0.717) is 6.04 Å². The van der Waals surface area contributed by atoms with Crippen molar-refractivity contribution in [3.05, 3.63) is 6.92 Å². The third kappa shape index (κ3) is 12.3. The van der Waals surface area contributed by atoms with Crippen LogP contribution in [0.2, 0.25) is 25.7 Å². The molecule has 72 valence electrons. The van der Waals surface area contributed by atoms with Crippen molar-refractivity contribution < 1.29 is 28.4 Å². The number of hydrogen-bond acceptors (Lipinski definition) is 2. The van der Waals surface area contributed by atoms with Crippen molar-refractivity contribution in [2.45, 2.75) is 45.1 Å². The van der Waals surface area contributed by atoms with Gasteiger partial charge >= 0.3 is 24.8 Å². The van der Waals surface area contributed by atoms with Gasteiger partial charge in [0, 0.05) is 6.04 Å². The van der Waals surface area contributed by atoms with Crippen LogP contribution in [-0.4, -0.2) is 19.6 Å². The van der Waals surface area contributed by atoms with E-state index in [0.717, 1.165) is 0 Å². The zero-order valence-electron chi connectivity index (χ0n) is 9.73. The Bertz CT molecular complexity index is 149. The van der Waals surface area contributed by atoms with Gasteiger partial charge in [0.05, 0.1) is 8.07 Å². The predicted octanol–water partition coefficient (Wildman–Crippen LogP) is -0.516. The zero-order chi connectivity index (χ0) is 9.99. The molecule has 0 saturated carbocycles. The molecule has 0 aliphatic carbocycles. The van der Waals surface area contributed by atoms with Crippen LogP contribution in [-0.2, 0) is 9.53 Å². The fraction of sp³-hybridized carbons (Fsp3) is 0.778. The second-order valence-electron chi connectivity index (χ2n) is 4.97. The average molecular weight is 194 g/mol. The summed E-state index contributed by atoms with van der Waals surface area (Å²) in [5, 5.41) is 0. The summed E-state index contributed by atoms with van der Waals surface area (Å²) < 4.78 is 5.10. The van der Waals surface area contributed by atoms with Gasteiger partial charge < -0.3 is 11.7 Å². The Morgan fingerprint density at radius 3 is 2.00 bits per heavy atom. The molecular formula is C9H19LiO2Si. The minimum absolute atomic E-state index is 0. The Morgan fingerprint density at radius 2 is 1.77 bits per heavy atom. The molecular weight excluding hydrogens is 175 g/mol. The molecule has 0 aromatic rings. The Hall–Kier alpha value is 0.284. The first-order valence-corrected chi connectivity index (χ1v) is 7.88. The number of esters is 1. The monoisotopic (exact) mass is 194 g/mol. The van der Waals surface area contributed by atoms with Gasteiger partial charge in [0.2, 0.25) is 0 Å². The smallest absolute Gasteiger partial charge is 0.493 e. The first-order valence-electron chi connectivity index (χ1n) is 4.17. The van der Waals surface area contributed by atoms with Crippen LogP contribution in [0.4, 0.5) is 0 Å². The summed E-state index contributed by atoms with van der Waals surface area (Å²) in [6.07, 6.45) is 0. The quantitative estimate of drug-likeness (QED) is 0.343. The maximum atomic E-state index is 11.2. The van der Waals surface area contributed by atoms with Crippen molar-refractivity contribution in [1.29, 1.82) is 0 Å². The normalized spacial score (nSPS) is 11.8. The van der Waals surface area contributed by atoms with Crippen LogP contribution in [0.1, 0.15) is 13.8 Å². The SMILES string of the molecule is [CH2-]C(C)(C)OC(=O)C[Si](C)(C)C.[Li+]. The molecule has 0 radical (unpaired) electrons. The van der Waals surface area contributed by atoms with E-state index in [2.05, 4.69) is 26.6 Å².